The number of nitrogens with zero attached hydrogens (tertiary/aromatic N) is 2. The Hall–Kier alpha value is -1.55. The molecule has 2 aromatic rings. The van der Waals surface area contributed by atoms with Gasteiger partial charge in [0.05, 0.1) is 5.75 Å². The zero-order chi connectivity index (χ0) is 11.4. The summed E-state index contributed by atoms with van der Waals surface area (Å²) in [4.78, 5) is 9.44. The Morgan fingerprint density at radius 3 is 2.69 bits per heavy atom. The third kappa shape index (κ3) is 2.52. The van der Waals surface area contributed by atoms with E-state index in [1.54, 1.807) is 24.2 Å². The molecule has 0 aliphatic heterocycles. The number of benzene rings is 1. The van der Waals surface area contributed by atoms with Crippen LogP contribution in [0, 0.1) is 6.92 Å². The van der Waals surface area contributed by atoms with Gasteiger partial charge in [-0.1, -0.05) is 12.1 Å². The molecular weight excluding hydrogens is 218 g/mol. The van der Waals surface area contributed by atoms with Gasteiger partial charge >= 0.3 is 0 Å². The van der Waals surface area contributed by atoms with Crippen LogP contribution in [-0.2, 0) is 5.75 Å². The quantitative estimate of drug-likeness (QED) is 0.651. The molecule has 0 aliphatic carbocycles. The van der Waals surface area contributed by atoms with Crippen LogP contribution >= 0.6 is 11.8 Å². The molecule has 0 amide bonds. The molecule has 1 aromatic heterocycles. The zero-order valence-corrected chi connectivity index (χ0v) is 9.87. The van der Waals surface area contributed by atoms with Crippen LogP contribution in [0.15, 0.2) is 41.6 Å². The maximum Gasteiger partial charge on any atom is 0.138 e. The van der Waals surface area contributed by atoms with Crippen molar-refractivity contribution in [2.24, 2.45) is 0 Å². The van der Waals surface area contributed by atoms with Crippen LogP contribution < -0.4 is 5.73 Å². The van der Waals surface area contributed by atoms with Crippen molar-refractivity contribution >= 4 is 17.4 Å². The summed E-state index contributed by atoms with van der Waals surface area (Å²) in [6, 6.07) is 7.86. The fourth-order valence-corrected chi connectivity index (χ4v) is 2.25. The minimum atomic E-state index is 0.745. The van der Waals surface area contributed by atoms with Gasteiger partial charge in [0.2, 0.25) is 0 Å². The van der Waals surface area contributed by atoms with Crippen LogP contribution in [0.3, 0.4) is 0 Å². The van der Waals surface area contributed by atoms with E-state index in [2.05, 4.69) is 9.97 Å². The van der Waals surface area contributed by atoms with E-state index in [1.165, 1.54) is 0 Å². The average molecular weight is 231 g/mol. The Morgan fingerprint density at radius 1 is 1.19 bits per heavy atom. The first kappa shape index (κ1) is 11.0. The first-order chi connectivity index (χ1) is 7.77. The zero-order valence-electron chi connectivity index (χ0n) is 9.05. The topological polar surface area (TPSA) is 51.8 Å². The number of anilines is 1. The van der Waals surface area contributed by atoms with Crippen LogP contribution in [-0.4, -0.2) is 9.97 Å². The minimum Gasteiger partial charge on any atom is -0.398 e. The molecular formula is C12H13N3S. The van der Waals surface area contributed by atoms with Gasteiger partial charge in [-0.3, -0.25) is 0 Å². The van der Waals surface area contributed by atoms with Gasteiger partial charge in [0.1, 0.15) is 5.82 Å². The maximum absolute atomic E-state index is 5.99. The number of hydrogen-bond donors (Lipinski definition) is 1. The van der Waals surface area contributed by atoms with Gasteiger partial charge in [-0.25, -0.2) is 9.97 Å². The van der Waals surface area contributed by atoms with Crippen LogP contribution in [0.4, 0.5) is 5.69 Å². The van der Waals surface area contributed by atoms with E-state index in [4.69, 9.17) is 5.73 Å². The Balaban J connectivity index is 2.08. The number of aryl methyl sites for hydroxylation is 1. The van der Waals surface area contributed by atoms with Crippen LogP contribution in [0.5, 0.6) is 0 Å². The molecule has 0 saturated carbocycles. The van der Waals surface area contributed by atoms with E-state index in [-0.39, 0.29) is 0 Å². The lowest BCUT2D eigenvalue weighted by Gasteiger charge is -2.06. The van der Waals surface area contributed by atoms with Crippen molar-refractivity contribution in [3.05, 3.63) is 48.0 Å². The smallest absolute Gasteiger partial charge is 0.138 e. The third-order valence-electron chi connectivity index (χ3n) is 2.26. The summed E-state index contributed by atoms with van der Waals surface area (Å²) in [6.07, 6.45) is 3.50. The van der Waals surface area contributed by atoms with E-state index < -0.39 is 0 Å². The fraction of sp³-hybridized carbons (Fsp3) is 0.167. The number of nitrogens with two attached hydrogens (primary N) is 1. The lowest BCUT2D eigenvalue weighted by Crippen LogP contribution is -1.94. The van der Waals surface area contributed by atoms with Gasteiger partial charge in [0.15, 0.2) is 0 Å². The van der Waals surface area contributed by atoms with Crippen molar-refractivity contribution in [1.82, 2.24) is 9.97 Å². The van der Waals surface area contributed by atoms with Crippen molar-refractivity contribution in [2.45, 2.75) is 17.6 Å². The first-order valence-electron chi connectivity index (χ1n) is 5.01. The highest BCUT2D eigenvalue weighted by Crippen LogP contribution is 2.28. The average Bonchev–Trinajstić information content (AvgIpc) is 2.32. The fourth-order valence-electron chi connectivity index (χ4n) is 1.33. The molecule has 0 saturated heterocycles. The highest BCUT2D eigenvalue weighted by molar-refractivity contribution is 7.98. The van der Waals surface area contributed by atoms with Crippen molar-refractivity contribution < 1.29 is 0 Å². The molecule has 0 radical (unpaired) electrons. The SMILES string of the molecule is Cc1cccc(SCc2ncccn2)c1N. The molecule has 82 valence electrons. The molecule has 0 atom stereocenters. The first-order valence-corrected chi connectivity index (χ1v) is 5.99. The highest BCUT2D eigenvalue weighted by Gasteiger charge is 2.03. The second kappa shape index (κ2) is 4.99. The maximum atomic E-state index is 5.99. The summed E-state index contributed by atoms with van der Waals surface area (Å²) in [6.45, 7) is 2.01. The highest BCUT2D eigenvalue weighted by atomic mass is 32.2. The minimum absolute atomic E-state index is 0.745. The van der Waals surface area contributed by atoms with Crippen molar-refractivity contribution in [3.63, 3.8) is 0 Å². The van der Waals surface area contributed by atoms with Crippen LogP contribution in [0.2, 0.25) is 0 Å². The van der Waals surface area contributed by atoms with E-state index in [1.807, 2.05) is 31.2 Å². The lowest BCUT2D eigenvalue weighted by molar-refractivity contribution is 1.03. The van der Waals surface area contributed by atoms with Crippen molar-refractivity contribution in [1.29, 1.82) is 0 Å². The van der Waals surface area contributed by atoms with E-state index in [9.17, 15) is 0 Å². The van der Waals surface area contributed by atoms with E-state index in [0.29, 0.717) is 0 Å². The predicted octanol–water partition coefficient (Wildman–Crippen LogP) is 2.66. The van der Waals surface area contributed by atoms with Crippen LogP contribution in [0.25, 0.3) is 0 Å². The number of para-hydroxylation sites is 1. The number of thioether (sulfide) groups is 1. The number of aromatic nitrogens is 2. The molecule has 0 unspecified atom stereocenters. The summed E-state index contributed by atoms with van der Waals surface area (Å²) in [7, 11) is 0. The Morgan fingerprint density at radius 2 is 1.94 bits per heavy atom. The largest absolute Gasteiger partial charge is 0.398 e. The summed E-state index contributed by atoms with van der Waals surface area (Å²) < 4.78 is 0. The Labute approximate surface area is 99.1 Å². The van der Waals surface area contributed by atoms with Crippen LogP contribution in [0.1, 0.15) is 11.4 Å². The molecule has 0 bridgehead atoms. The molecule has 0 fully saturated rings. The molecule has 4 heteroatoms. The molecule has 16 heavy (non-hydrogen) atoms. The van der Waals surface area contributed by atoms with E-state index in [0.717, 1.165) is 27.7 Å². The van der Waals surface area contributed by atoms with Crippen molar-refractivity contribution in [2.75, 3.05) is 5.73 Å². The second-order valence-electron chi connectivity index (χ2n) is 3.44. The normalized spacial score (nSPS) is 10.3. The van der Waals surface area contributed by atoms with Gasteiger partial charge < -0.3 is 5.73 Å². The van der Waals surface area contributed by atoms with Gasteiger partial charge in [0, 0.05) is 23.0 Å². The molecule has 2 rings (SSSR count). The molecule has 1 aromatic carbocycles. The number of hydrogen-bond acceptors (Lipinski definition) is 4. The van der Waals surface area contributed by atoms with Gasteiger partial charge in [-0.15, -0.1) is 11.8 Å². The number of rotatable bonds is 3. The summed E-state index contributed by atoms with van der Waals surface area (Å²) >= 11 is 1.66. The van der Waals surface area contributed by atoms with Crippen molar-refractivity contribution in [3.8, 4) is 0 Å². The molecule has 2 N–H and O–H groups in total. The molecule has 0 aliphatic rings. The molecule has 0 spiro atoms. The monoisotopic (exact) mass is 231 g/mol. The third-order valence-corrected chi connectivity index (χ3v) is 3.33. The van der Waals surface area contributed by atoms with E-state index >= 15 is 0 Å². The standard InChI is InChI=1S/C12H13N3S/c1-9-4-2-5-10(12(9)13)16-8-11-14-6-3-7-15-11/h2-7H,8,13H2,1H3. The Kier molecular flexibility index (Phi) is 3.41. The van der Waals surface area contributed by atoms with Gasteiger partial charge in [-0.05, 0) is 24.6 Å². The predicted molar refractivity (Wildman–Crippen MR) is 67.2 cm³/mol. The van der Waals surface area contributed by atoms with Gasteiger partial charge in [0.25, 0.3) is 0 Å². The van der Waals surface area contributed by atoms with Gasteiger partial charge in [-0.2, -0.15) is 0 Å². The summed E-state index contributed by atoms with van der Waals surface area (Å²) in [5.74, 6) is 1.57. The lowest BCUT2D eigenvalue weighted by atomic mass is 10.2. The number of nitrogen functional groups attached to an aromatic ring is 1. The summed E-state index contributed by atoms with van der Waals surface area (Å²) in [5, 5.41) is 0. The second-order valence-corrected chi connectivity index (χ2v) is 4.46. The summed E-state index contributed by atoms with van der Waals surface area (Å²) in [5.41, 5.74) is 7.95. The Bertz CT molecular complexity index is 471. The molecule has 3 nitrogen and oxygen atoms in total. The molecule has 1 heterocycles.